The molecular formula is C8H16N2O3. The minimum atomic E-state index is -0.171. The molecule has 2 atom stereocenters. The van der Waals surface area contributed by atoms with E-state index in [1.165, 1.54) is 12.2 Å². The SMILES string of the molecule is COC1CNC(C(=O)N(C)OC)C1. The molecule has 0 aliphatic carbocycles. The van der Waals surface area contributed by atoms with Crippen LogP contribution in [0.1, 0.15) is 6.42 Å². The Balaban J connectivity index is 2.41. The number of amides is 1. The Morgan fingerprint density at radius 1 is 1.54 bits per heavy atom. The van der Waals surface area contributed by atoms with E-state index in [-0.39, 0.29) is 18.1 Å². The maximum atomic E-state index is 11.5. The Kier molecular flexibility index (Phi) is 3.65. The molecule has 0 spiro atoms. The highest BCUT2D eigenvalue weighted by molar-refractivity contribution is 5.81. The quantitative estimate of drug-likeness (QED) is 0.600. The van der Waals surface area contributed by atoms with Gasteiger partial charge in [0.15, 0.2) is 0 Å². The molecule has 1 heterocycles. The van der Waals surface area contributed by atoms with Crippen molar-refractivity contribution in [2.24, 2.45) is 0 Å². The first-order valence-electron chi connectivity index (χ1n) is 4.27. The third kappa shape index (κ3) is 2.40. The van der Waals surface area contributed by atoms with Crippen LogP contribution in [0, 0.1) is 0 Å². The monoisotopic (exact) mass is 188 g/mol. The molecule has 2 unspecified atom stereocenters. The molecule has 0 saturated carbocycles. The summed E-state index contributed by atoms with van der Waals surface area (Å²) in [6, 6.07) is -0.171. The zero-order valence-corrected chi connectivity index (χ0v) is 8.24. The Morgan fingerprint density at radius 3 is 2.69 bits per heavy atom. The van der Waals surface area contributed by atoms with E-state index in [2.05, 4.69) is 5.32 Å². The average Bonchev–Trinajstić information content (AvgIpc) is 2.63. The summed E-state index contributed by atoms with van der Waals surface area (Å²) in [5.74, 6) is -0.0537. The van der Waals surface area contributed by atoms with Crippen LogP contribution in [-0.4, -0.2) is 50.9 Å². The van der Waals surface area contributed by atoms with Gasteiger partial charge in [0.25, 0.3) is 5.91 Å². The Bertz CT molecular complexity index is 186. The summed E-state index contributed by atoms with van der Waals surface area (Å²) in [5.41, 5.74) is 0. The summed E-state index contributed by atoms with van der Waals surface area (Å²) in [6.07, 6.45) is 0.849. The molecule has 5 nitrogen and oxygen atoms in total. The van der Waals surface area contributed by atoms with Crippen molar-refractivity contribution in [3.05, 3.63) is 0 Å². The standard InChI is InChI=1S/C8H16N2O3/c1-10(13-3)8(11)7-4-6(12-2)5-9-7/h6-7,9H,4-5H2,1-3H3. The lowest BCUT2D eigenvalue weighted by Crippen LogP contribution is -2.40. The predicted octanol–water partition coefficient (Wildman–Crippen LogP) is -0.617. The predicted molar refractivity (Wildman–Crippen MR) is 47.0 cm³/mol. The molecular weight excluding hydrogens is 172 g/mol. The van der Waals surface area contributed by atoms with Crippen LogP contribution < -0.4 is 5.32 Å². The molecule has 76 valence electrons. The third-order valence-electron chi connectivity index (χ3n) is 2.31. The molecule has 1 aliphatic rings. The van der Waals surface area contributed by atoms with Crippen LogP contribution in [0.15, 0.2) is 0 Å². The van der Waals surface area contributed by atoms with E-state index in [9.17, 15) is 4.79 Å². The zero-order valence-electron chi connectivity index (χ0n) is 8.24. The van der Waals surface area contributed by atoms with Gasteiger partial charge in [-0.2, -0.15) is 0 Å². The van der Waals surface area contributed by atoms with Crippen molar-refractivity contribution in [3.63, 3.8) is 0 Å². The van der Waals surface area contributed by atoms with E-state index < -0.39 is 0 Å². The first-order chi connectivity index (χ1) is 6.19. The van der Waals surface area contributed by atoms with E-state index in [1.807, 2.05) is 0 Å². The number of nitrogens with one attached hydrogen (secondary N) is 1. The molecule has 5 heteroatoms. The summed E-state index contributed by atoms with van der Waals surface area (Å²) in [5, 5.41) is 4.31. The molecule has 0 aromatic rings. The van der Waals surface area contributed by atoms with Crippen LogP contribution in [0.2, 0.25) is 0 Å². The second-order valence-corrected chi connectivity index (χ2v) is 3.07. The molecule has 1 saturated heterocycles. The lowest BCUT2D eigenvalue weighted by molar-refractivity contribution is -0.170. The first kappa shape index (κ1) is 10.4. The first-order valence-corrected chi connectivity index (χ1v) is 4.27. The fourth-order valence-corrected chi connectivity index (χ4v) is 1.38. The van der Waals surface area contributed by atoms with Gasteiger partial charge in [0.05, 0.1) is 19.3 Å². The molecule has 1 rings (SSSR count). The van der Waals surface area contributed by atoms with Crippen molar-refractivity contribution in [3.8, 4) is 0 Å². The summed E-state index contributed by atoms with van der Waals surface area (Å²) >= 11 is 0. The molecule has 1 N–H and O–H groups in total. The van der Waals surface area contributed by atoms with E-state index >= 15 is 0 Å². The molecule has 0 bridgehead atoms. The van der Waals surface area contributed by atoms with Gasteiger partial charge < -0.3 is 10.1 Å². The molecule has 0 aromatic carbocycles. The van der Waals surface area contributed by atoms with Gasteiger partial charge in [-0.25, -0.2) is 5.06 Å². The minimum Gasteiger partial charge on any atom is -0.380 e. The molecule has 1 amide bonds. The van der Waals surface area contributed by atoms with Gasteiger partial charge in [0, 0.05) is 20.7 Å². The van der Waals surface area contributed by atoms with Gasteiger partial charge in [-0.05, 0) is 6.42 Å². The maximum Gasteiger partial charge on any atom is 0.263 e. The number of hydroxylamine groups is 2. The number of likely N-dealkylation sites (N-methyl/N-ethyl adjacent to an activating group) is 1. The van der Waals surface area contributed by atoms with Crippen LogP contribution in [-0.2, 0) is 14.4 Å². The van der Waals surface area contributed by atoms with Gasteiger partial charge in [-0.1, -0.05) is 0 Å². The van der Waals surface area contributed by atoms with E-state index in [4.69, 9.17) is 9.57 Å². The number of carbonyl (C=O) groups excluding carboxylic acids is 1. The van der Waals surface area contributed by atoms with Crippen molar-refractivity contribution < 1.29 is 14.4 Å². The third-order valence-corrected chi connectivity index (χ3v) is 2.31. The van der Waals surface area contributed by atoms with Crippen LogP contribution in [0.3, 0.4) is 0 Å². The lowest BCUT2D eigenvalue weighted by atomic mass is 10.2. The molecule has 13 heavy (non-hydrogen) atoms. The minimum absolute atomic E-state index is 0.0537. The second kappa shape index (κ2) is 4.55. The number of hydrogen-bond donors (Lipinski definition) is 1. The number of hydrogen-bond acceptors (Lipinski definition) is 4. The number of rotatable bonds is 3. The second-order valence-electron chi connectivity index (χ2n) is 3.07. The number of ether oxygens (including phenoxy) is 1. The van der Waals surface area contributed by atoms with Crippen LogP contribution in [0.25, 0.3) is 0 Å². The van der Waals surface area contributed by atoms with Crippen molar-refractivity contribution >= 4 is 5.91 Å². The number of nitrogens with zero attached hydrogens (tertiary/aromatic N) is 1. The molecule has 0 aromatic heterocycles. The van der Waals surface area contributed by atoms with Gasteiger partial charge in [0.1, 0.15) is 0 Å². The van der Waals surface area contributed by atoms with E-state index in [0.717, 1.165) is 6.54 Å². The maximum absolute atomic E-state index is 11.5. The summed E-state index contributed by atoms with van der Waals surface area (Å²) in [4.78, 5) is 16.3. The highest BCUT2D eigenvalue weighted by Crippen LogP contribution is 2.11. The summed E-state index contributed by atoms with van der Waals surface area (Å²) in [6.45, 7) is 0.727. The molecule has 0 radical (unpaired) electrons. The smallest absolute Gasteiger partial charge is 0.263 e. The average molecular weight is 188 g/mol. The Labute approximate surface area is 77.9 Å². The summed E-state index contributed by atoms with van der Waals surface area (Å²) < 4.78 is 5.13. The fraction of sp³-hybridized carbons (Fsp3) is 0.875. The van der Waals surface area contributed by atoms with Crippen LogP contribution in [0.5, 0.6) is 0 Å². The fourth-order valence-electron chi connectivity index (χ4n) is 1.38. The number of carbonyl (C=O) groups is 1. The Hall–Kier alpha value is -0.650. The number of methoxy groups -OCH3 is 1. The van der Waals surface area contributed by atoms with E-state index in [1.54, 1.807) is 14.2 Å². The van der Waals surface area contributed by atoms with Crippen LogP contribution >= 0.6 is 0 Å². The van der Waals surface area contributed by atoms with E-state index in [0.29, 0.717) is 6.42 Å². The molecule has 1 fully saturated rings. The van der Waals surface area contributed by atoms with Gasteiger partial charge in [-0.15, -0.1) is 0 Å². The van der Waals surface area contributed by atoms with Crippen molar-refractivity contribution in [2.75, 3.05) is 27.8 Å². The van der Waals surface area contributed by atoms with Crippen molar-refractivity contribution in [2.45, 2.75) is 18.6 Å². The van der Waals surface area contributed by atoms with Gasteiger partial charge in [-0.3, -0.25) is 9.63 Å². The van der Waals surface area contributed by atoms with Crippen molar-refractivity contribution in [1.29, 1.82) is 0 Å². The lowest BCUT2D eigenvalue weighted by Gasteiger charge is -2.17. The summed E-state index contributed by atoms with van der Waals surface area (Å²) in [7, 11) is 4.73. The highest BCUT2D eigenvalue weighted by Gasteiger charge is 2.31. The molecule has 1 aliphatic heterocycles. The zero-order chi connectivity index (χ0) is 9.84. The van der Waals surface area contributed by atoms with Gasteiger partial charge in [0.2, 0.25) is 0 Å². The topological polar surface area (TPSA) is 50.8 Å². The van der Waals surface area contributed by atoms with Gasteiger partial charge >= 0.3 is 0 Å². The van der Waals surface area contributed by atoms with Crippen molar-refractivity contribution in [1.82, 2.24) is 10.4 Å². The largest absolute Gasteiger partial charge is 0.380 e. The Morgan fingerprint density at radius 2 is 2.23 bits per heavy atom. The highest BCUT2D eigenvalue weighted by atomic mass is 16.7. The normalized spacial score (nSPS) is 27.6. The van der Waals surface area contributed by atoms with Crippen LogP contribution in [0.4, 0.5) is 0 Å².